The first-order valence-corrected chi connectivity index (χ1v) is 9.39. The summed E-state index contributed by atoms with van der Waals surface area (Å²) in [6, 6.07) is 15.7. The molecule has 3 aromatic rings. The van der Waals surface area contributed by atoms with E-state index < -0.39 is 0 Å². The van der Waals surface area contributed by atoms with Gasteiger partial charge >= 0.3 is 0 Å². The van der Waals surface area contributed by atoms with E-state index in [0.717, 1.165) is 37.4 Å². The van der Waals surface area contributed by atoms with Crippen molar-refractivity contribution in [2.45, 2.75) is 19.9 Å². The molecule has 0 aliphatic carbocycles. The Labute approximate surface area is 159 Å². The Balaban J connectivity index is 1.41. The Morgan fingerprint density at radius 1 is 1.07 bits per heavy atom. The fourth-order valence-corrected chi connectivity index (χ4v) is 3.63. The van der Waals surface area contributed by atoms with E-state index >= 15 is 0 Å². The number of phenolic OH excluding ortho intramolecular Hbond substituents is 1. The first kappa shape index (κ1) is 17.5. The van der Waals surface area contributed by atoms with Gasteiger partial charge in [-0.15, -0.1) is 10.2 Å². The highest BCUT2D eigenvalue weighted by molar-refractivity contribution is 5.53. The molecule has 0 bridgehead atoms. The number of piperazine rings is 1. The lowest BCUT2D eigenvalue weighted by atomic mass is 10.1. The summed E-state index contributed by atoms with van der Waals surface area (Å²) in [4.78, 5) is 3.80. The molecular formula is C21H25N4O2+. The quantitative estimate of drug-likeness (QED) is 0.742. The first-order chi connectivity index (χ1) is 13.1. The number of nitrogens with one attached hydrogen (secondary N) is 1. The summed E-state index contributed by atoms with van der Waals surface area (Å²) in [5, 5.41) is 18.0. The number of quaternary nitrogens is 1. The second-order valence-electron chi connectivity index (χ2n) is 7.20. The van der Waals surface area contributed by atoms with E-state index in [1.165, 1.54) is 10.5 Å². The molecule has 0 amide bonds. The van der Waals surface area contributed by atoms with E-state index in [0.29, 0.717) is 17.5 Å². The molecule has 2 heterocycles. The second-order valence-corrected chi connectivity index (χ2v) is 7.20. The van der Waals surface area contributed by atoms with Gasteiger partial charge in [-0.3, -0.25) is 0 Å². The van der Waals surface area contributed by atoms with Crippen molar-refractivity contribution in [2.75, 3.05) is 31.1 Å². The largest absolute Gasteiger partial charge is 0.508 e. The average molecular weight is 365 g/mol. The number of aromatic hydroxyl groups is 1. The van der Waals surface area contributed by atoms with E-state index in [1.54, 1.807) is 12.1 Å². The number of aromatic nitrogens is 2. The van der Waals surface area contributed by atoms with E-state index in [4.69, 9.17) is 4.42 Å². The van der Waals surface area contributed by atoms with Crippen molar-refractivity contribution in [1.29, 1.82) is 0 Å². The summed E-state index contributed by atoms with van der Waals surface area (Å²) in [6.45, 7) is 8.14. The summed E-state index contributed by atoms with van der Waals surface area (Å²) in [7, 11) is 0. The Hall–Kier alpha value is -2.86. The predicted octanol–water partition coefficient (Wildman–Crippen LogP) is 2.22. The standard InChI is InChI=1S/C21H24N4O2/c1-15-4-3-5-17(14-15)21-23-22-20(27-21)16(2)24-10-12-25(13-11-24)18-6-8-19(26)9-7-18/h3-9,14,16,26H,10-13H2,1-2H3/p+1/t16-/m0/s1. The summed E-state index contributed by atoms with van der Waals surface area (Å²) >= 11 is 0. The first-order valence-electron chi connectivity index (χ1n) is 9.39. The molecule has 0 unspecified atom stereocenters. The third kappa shape index (κ3) is 3.80. The summed E-state index contributed by atoms with van der Waals surface area (Å²) in [6.07, 6.45) is 0. The zero-order valence-corrected chi connectivity index (χ0v) is 15.7. The van der Waals surface area contributed by atoms with Crippen LogP contribution in [0, 0.1) is 6.92 Å². The highest BCUT2D eigenvalue weighted by Crippen LogP contribution is 2.21. The lowest BCUT2D eigenvalue weighted by Gasteiger charge is -2.35. The third-order valence-electron chi connectivity index (χ3n) is 5.31. The Morgan fingerprint density at radius 2 is 1.81 bits per heavy atom. The molecule has 1 aliphatic rings. The van der Waals surface area contributed by atoms with Crippen molar-refractivity contribution >= 4 is 5.69 Å². The molecule has 27 heavy (non-hydrogen) atoms. The molecule has 6 heteroatoms. The Kier molecular flexibility index (Phi) is 4.81. The van der Waals surface area contributed by atoms with Gasteiger partial charge in [0.1, 0.15) is 5.75 Å². The maximum atomic E-state index is 9.45. The van der Waals surface area contributed by atoms with Gasteiger partial charge in [-0.2, -0.15) is 0 Å². The van der Waals surface area contributed by atoms with Crippen molar-refractivity contribution in [1.82, 2.24) is 10.2 Å². The van der Waals surface area contributed by atoms with Crippen LogP contribution >= 0.6 is 0 Å². The van der Waals surface area contributed by atoms with Crippen molar-refractivity contribution in [3.63, 3.8) is 0 Å². The van der Waals surface area contributed by atoms with Crippen LogP contribution in [-0.4, -0.2) is 41.5 Å². The minimum atomic E-state index is 0.165. The summed E-state index contributed by atoms with van der Waals surface area (Å²) < 4.78 is 5.98. The van der Waals surface area contributed by atoms with Gasteiger partial charge < -0.3 is 19.3 Å². The van der Waals surface area contributed by atoms with Crippen LogP contribution in [0.15, 0.2) is 52.9 Å². The SMILES string of the molecule is Cc1cccc(-c2nnc([C@H](C)[NH+]3CCN(c4ccc(O)cc4)CC3)o2)c1. The highest BCUT2D eigenvalue weighted by atomic mass is 16.4. The third-order valence-corrected chi connectivity index (χ3v) is 5.31. The lowest BCUT2D eigenvalue weighted by molar-refractivity contribution is -0.931. The van der Waals surface area contributed by atoms with Gasteiger partial charge in [-0.1, -0.05) is 17.7 Å². The van der Waals surface area contributed by atoms with Crippen molar-refractivity contribution < 1.29 is 14.4 Å². The molecule has 2 N–H and O–H groups in total. The second kappa shape index (κ2) is 7.40. The molecule has 1 saturated heterocycles. The number of aryl methyl sites for hydroxylation is 1. The van der Waals surface area contributed by atoms with Crippen LogP contribution in [0.25, 0.3) is 11.5 Å². The zero-order chi connectivity index (χ0) is 18.8. The van der Waals surface area contributed by atoms with Crippen LogP contribution in [0.5, 0.6) is 5.75 Å². The molecule has 1 aromatic heterocycles. The molecule has 0 radical (unpaired) electrons. The molecule has 6 nitrogen and oxygen atoms in total. The van der Waals surface area contributed by atoms with Gasteiger partial charge in [-0.05, 0) is 50.2 Å². The normalized spacial score (nSPS) is 16.4. The topological polar surface area (TPSA) is 66.8 Å². The minimum Gasteiger partial charge on any atom is -0.508 e. The maximum Gasteiger partial charge on any atom is 0.274 e. The predicted molar refractivity (Wildman–Crippen MR) is 104 cm³/mol. The van der Waals surface area contributed by atoms with Crippen molar-refractivity contribution in [3.05, 3.63) is 60.0 Å². The van der Waals surface area contributed by atoms with Gasteiger partial charge in [0.15, 0.2) is 6.04 Å². The van der Waals surface area contributed by atoms with Crippen molar-refractivity contribution in [3.8, 4) is 17.2 Å². The molecule has 0 spiro atoms. The van der Waals surface area contributed by atoms with Gasteiger partial charge in [0.05, 0.1) is 26.2 Å². The molecule has 4 rings (SSSR count). The fraction of sp³-hybridized carbons (Fsp3) is 0.333. The smallest absolute Gasteiger partial charge is 0.274 e. The number of hydrogen-bond acceptors (Lipinski definition) is 5. The van der Waals surface area contributed by atoms with Crippen LogP contribution in [-0.2, 0) is 0 Å². The lowest BCUT2D eigenvalue weighted by Crippen LogP contribution is -3.14. The van der Waals surface area contributed by atoms with Crippen LogP contribution in [0.3, 0.4) is 0 Å². The maximum absolute atomic E-state index is 9.45. The number of anilines is 1. The van der Waals surface area contributed by atoms with E-state index in [9.17, 15) is 5.11 Å². The fourth-order valence-electron chi connectivity index (χ4n) is 3.63. The summed E-state index contributed by atoms with van der Waals surface area (Å²) in [5.41, 5.74) is 3.29. The van der Waals surface area contributed by atoms with Gasteiger partial charge in [0.25, 0.3) is 5.89 Å². The monoisotopic (exact) mass is 365 g/mol. The van der Waals surface area contributed by atoms with Crippen LogP contribution in [0.1, 0.15) is 24.4 Å². The Bertz CT molecular complexity index is 899. The van der Waals surface area contributed by atoms with Gasteiger partial charge in [0, 0.05) is 11.3 Å². The molecule has 1 aliphatic heterocycles. The van der Waals surface area contributed by atoms with E-state index in [-0.39, 0.29) is 6.04 Å². The van der Waals surface area contributed by atoms with E-state index in [2.05, 4.69) is 41.1 Å². The number of nitrogens with zero attached hydrogens (tertiary/aromatic N) is 3. The Morgan fingerprint density at radius 3 is 2.52 bits per heavy atom. The van der Waals surface area contributed by atoms with Crippen LogP contribution < -0.4 is 9.80 Å². The molecular weight excluding hydrogens is 340 g/mol. The summed E-state index contributed by atoms with van der Waals surface area (Å²) in [5.74, 6) is 1.58. The van der Waals surface area contributed by atoms with Crippen LogP contribution in [0.4, 0.5) is 5.69 Å². The van der Waals surface area contributed by atoms with Crippen molar-refractivity contribution in [2.24, 2.45) is 0 Å². The van der Waals surface area contributed by atoms with Crippen LogP contribution in [0.2, 0.25) is 0 Å². The minimum absolute atomic E-state index is 0.165. The molecule has 1 fully saturated rings. The van der Waals surface area contributed by atoms with Gasteiger partial charge in [0.2, 0.25) is 5.89 Å². The van der Waals surface area contributed by atoms with E-state index in [1.807, 2.05) is 24.3 Å². The molecule has 0 saturated carbocycles. The number of benzene rings is 2. The molecule has 2 aromatic carbocycles. The highest BCUT2D eigenvalue weighted by Gasteiger charge is 2.29. The average Bonchev–Trinajstić information content (AvgIpc) is 3.18. The molecule has 1 atom stereocenters. The molecule has 140 valence electrons. The zero-order valence-electron chi connectivity index (χ0n) is 15.7. The number of rotatable bonds is 4. The number of hydrogen-bond donors (Lipinski definition) is 2. The van der Waals surface area contributed by atoms with Gasteiger partial charge in [-0.25, -0.2) is 0 Å². The number of phenols is 1.